The fourth-order valence-corrected chi connectivity index (χ4v) is 5.19. The van der Waals surface area contributed by atoms with Crippen LogP contribution in [0.25, 0.3) is 11.1 Å². The van der Waals surface area contributed by atoms with Gasteiger partial charge in [-0.1, -0.05) is 11.6 Å². The first-order chi connectivity index (χ1) is 19.9. The van der Waals surface area contributed by atoms with Gasteiger partial charge in [0, 0.05) is 44.7 Å². The van der Waals surface area contributed by atoms with Crippen molar-refractivity contribution in [2.45, 2.75) is 30.6 Å². The van der Waals surface area contributed by atoms with E-state index in [2.05, 4.69) is 21.8 Å². The molecule has 2 N–H and O–H groups in total. The molecule has 0 spiro atoms. The summed E-state index contributed by atoms with van der Waals surface area (Å²) in [5.41, 5.74) is -1.44. The van der Waals surface area contributed by atoms with Crippen molar-refractivity contribution in [2.24, 2.45) is 0 Å². The van der Waals surface area contributed by atoms with Crippen LogP contribution in [-0.2, 0) is 11.7 Å². The van der Waals surface area contributed by atoms with Crippen LogP contribution >= 0.6 is 11.6 Å². The van der Waals surface area contributed by atoms with E-state index in [1.54, 1.807) is 6.20 Å². The highest BCUT2D eigenvalue weighted by Gasteiger charge is 2.46. The average molecular weight is 598 g/mol. The Morgan fingerprint density at radius 3 is 2.55 bits per heavy atom. The molecule has 1 fully saturated rings. The van der Waals surface area contributed by atoms with E-state index < -0.39 is 52.3 Å². The van der Waals surface area contributed by atoms with Gasteiger partial charge in [0.2, 0.25) is 0 Å². The Balaban J connectivity index is 1.48. The Labute approximate surface area is 239 Å². The van der Waals surface area contributed by atoms with Crippen LogP contribution in [0.2, 0.25) is 5.02 Å². The number of fused-ring (bicyclic) bond motifs is 1. The number of benzene rings is 3. The first-order valence-corrected chi connectivity index (χ1v) is 12.9. The predicted octanol–water partition coefficient (Wildman–Crippen LogP) is 6.60. The minimum atomic E-state index is -4.91. The zero-order valence-corrected chi connectivity index (χ0v) is 21.9. The molecular formula is C29H17ClF5N5O2. The highest BCUT2D eigenvalue weighted by atomic mass is 35.5. The molecule has 2 heterocycles. The molecule has 1 aliphatic carbocycles. The standard InChI is InChI=1S/C29H17ClF5N5O2/c30-22-2-1-18(31)10-20(22)25-24-21(27(42)39-25)7-14(16-11-37-40(12-16)28(13-36)3-4-28)8-23(24)38-26(41)15-5-17(29(33,34)35)9-19(32)6-15/h1-2,5-12,25H,3-4H2,(H,38,41)(H,39,42)/t25-/m1/s1. The van der Waals surface area contributed by atoms with Crippen LogP contribution in [0.5, 0.6) is 0 Å². The summed E-state index contributed by atoms with van der Waals surface area (Å²) in [6.45, 7) is 0. The molecule has 2 amide bonds. The van der Waals surface area contributed by atoms with E-state index in [9.17, 15) is 36.8 Å². The van der Waals surface area contributed by atoms with E-state index in [1.165, 1.54) is 29.1 Å². The van der Waals surface area contributed by atoms with Gasteiger partial charge in [0.25, 0.3) is 11.8 Å². The van der Waals surface area contributed by atoms with Gasteiger partial charge >= 0.3 is 6.18 Å². The number of halogens is 6. The van der Waals surface area contributed by atoms with Gasteiger partial charge in [-0.05, 0) is 66.9 Å². The molecule has 6 rings (SSSR count). The average Bonchev–Trinajstić information content (AvgIpc) is 3.44. The van der Waals surface area contributed by atoms with Crippen LogP contribution in [0.1, 0.15) is 56.3 Å². The maximum absolute atomic E-state index is 14.2. The molecule has 1 aliphatic heterocycles. The first kappa shape index (κ1) is 27.4. The maximum Gasteiger partial charge on any atom is 0.416 e. The molecule has 0 saturated heterocycles. The Kier molecular flexibility index (Phi) is 6.31. The van der Waals surface area contributed by atoms with Crippen LogP contribution in [0.15, 0.2) is 60.9 Å². The summed E-state index contributed by atoms with van der Waals surface area (Å²) in [5, 5.41) is 19.1. The van der Waals surface area contributed by atoms with Gasteiger partial charge in [-0.3, -0.25) is 14.3 Å². The zero-order valence-electron chi connectivity index (χ0n) is 21.2. The Morgan fingerprint density at radius 2 is 1.86 bits per heavy atom. The number of nitrogens with zero attached hydrogens (tertiary/aromatic N) is 3. The Morgan fingerprint density at radius 1 is 1.10 bits per heavy atom. The summed E-state index contributed by atoms with van der Waals surface area (Å²) in [6.07, 6.45) is -0.596. The molecule has 13 heteroatoms. The lowest BCUT2D eigenvalue weighted by atomic mass is 9.93. The van der Waals surface area contributed by atoms with Crippen molar-refractivity contribution in [3.05, 3.63) is 105 Å². The summed E-state index contributed by atoms with van der Waals surface area (Å²) in [6, 6.07) is 9.14. The third-order valence-electron chi connectivity index (χ3n) is 7.28. The molecule has 0 bridgehead atoms. The predicted molar refractivity (Wildman–Crippen MR) is 141 cm³/mol. The number of aromatic nitrogens is 2. The molecule has 2 aliphatic rings. The highest BCUT2D eigenvalue weighted by Crippen LogP contribution is 2.44. The number of anilines is 1. The molecule has 4 aromatic rings. The molecule has 7 nitrogen and oxygen atoms in total. The number of amides is 2. The Hall–Kier alpha value is -4.76. The van der Waals surface area contributed by atoms with Crippen LogP contribution in [0.4, 0.5) is 27.6 Å². The van der Waals surface area contributed by atoms with Crippen LogP contribution in [0, 0.1) is 23.0 Å². The lowest BCUT2D eigenvalue weighted by Crippen LogP contribution is -2.21. The van der Waals surface area contributed by atoms with Crippen LogP contribution < -0.4 is 10.6 Å². The smallest absolute Gasteiger partial charge is 0.341 e. The second-order valence-corrected chi connectivity index (χ2v) is 10.5. The number of rotatable bonds is 5. The quantitative estimate of drug-likeness (QED) is 0.253. The minimum absolute atomic E-state index is 0.0110. The van der Waals surface area contributed by atoms with Gasteiger partial charge < -0.3 is 10.6 Å². The summed E-state index contributed by atoms with van der Waals surface area (Å²) in [5.74, 6) is -3.58. The topological polar surface area (TPSA) is 99.8 Å². The third-order valence-corrected chi connectivity index (χ3v) is 7.62. The molecule has 42 heavy (non-hydrogen) atoms. The molecule has 1 saturated carbocycles. The molecule has 1 atom stereocenters. The van der Waals surface area contributed by atoms with E-state index in [0.717, 1.165) is 12.1 Å². The van der Waals surface area contributed by atoms with E-state index >= 15 is 0 Å². The van der Waals surface area contributed by atoms with Crippen molar-refractivity contribution in [3.8, 4) is 17.2 Å². The van der Waals surface area contributed by atoms with Crippen molar-refractivity contribution < 1.29 is 31.5 Å². The number of hydrogen-bond acceptors (Lipinski definition) is 4. The minimum Gasteiger partial charge on any atom is -0.341 e. The number of nitrogens with one attached hydrogen (secondary N) is 2. The van der Waals surface area contributed by atoms with E-state index in [1.807, 2.05) is 0 Å². The van der Waals surface area contributed by atoms with E-state index in [4.69, 9.17) is 11.6 Å². The maximum atomic E-state index is 14.2. The molecule has 0 radical (unpaired) electrons. The van der Waals surface area contributed by atoms with Gasteiger partial charge in [-0.15, -0.1) is 0 Å². The van der Waals surface area contributed by atoms with Gasteiger partial charge in [0.15, 0.2) is 0 Å². The van der Waals surface area contributed by atoms with E-state index in [-0.39, 0.29) is 33.5 Å². The van der Waals surface area contributed by atoms with Gasteiger partial charge in [0.05, 0.1) is 23.9 Å². The normalized spacial score (nSPS) is 16.9. The van der Waals surface area contributed by atoms with Gasteiger partial charge in [-0.2, -0.15) is 23.5 Å². The molecule has 212 valence electrons. The number of hydrogen-bond donors (Lipinski definition) is 2. The number of carbonyl (C=O) groups excluding carboxylic acids is 2. The fourth-order valence-electron chi connectivity index (χ4n) is 4.97. The number of alkyl halides is 3. The fraction of sp³-hybridized carbons (Fsp3) is 0.172. The molecule has 0 unspecified atom stereocenters. The lowest BCUT2D eigenvalue weighted by molar-refractivity contribution is -0.137. The monoisotopic (exact) mass is 597 g/mol. The lowest BCUT2D eigenvalue weighted by Gasteiger charge is -2.19. The van der Waals surface area contributed by atoms with Crippen LogP contribution in [0.3, 0.4) is 0 Å². The summed E-state index contributed by atoms with van der Waals surface area (Å²) < 4.78 is 69.7. The van der Waals surface area contributed by atoms with Crippen molar-refractivity contribution in [1.29, 1.82) is 5.26 Å². The molecule has 3 aromatic carbocycles. The summed E-state index contributed by atoms with van der Waals surface area (Å²) in [4.78, 5) is 26.4. The van der Waals surface area contributed by atoms with E-state index in [0.29, 0.717) is 36.1 Å². The molecular weight excluding hydrogens is 581 g/mol. The first-order valence-electron chi connectivity index (χ1n) is 12.5. The van der Waals surface area contributed by atoms with Crippen molar-refractivity contribution in [1.82, 2.24) is 15.1 Å². The van der Waals surface area contributed by atoms with Gasteiger partial charge in [0.1, 0.15) is 17.2 Å². The van der Waals surface area contributed by atoms with Crippen molar-refractivity contribution in [2.75, 3.05) is 5.32 Å². The second-order valence-electron chi connectivity index (χ2n) is 10.1. The number of nitriles is 1. The van der Waals surface area contributed by atoms with Gasteiger partial charge in [-0.25, -0.2) is 8.78 Å². The SMILES string of the molecule is N#CC1(n2cc(-c3cc(NC(=O)c4cc(F)cc(C(F)(F)F)c4)c4c(c3)C(=O)N[C@@H]4c3cc(F)ccc3Cl)cn2)CC1. The zero-order chi connectivity index (χ0) is 30.0. The van der Waals surface area contributed by atoms with Crippen molar-refractivity contribution in [3.63, 3.8) is 0 Å². The Bertz CT molecular complexity index is 1840. The third kappa shape index (κ3) is 4.75. The second kappa shape index (κ2) is 9.66. The number of carbonyl (C=O) groups is 2. The summed E-state index contributed by atoms with van der Waals surface area (Å²) in [7, 11) is 0. The van der Waals surface area contributed by atoms with Crippen molar-refractivity contribution >= 4 is 29.1 Å². The molecule has 1 aromatic heterocycles. The highest BCUT2D eigenvalue weighted by molar-refractivity contribution is 6.31. The summed E-state index contributed by atoms with van der Waals surface area (Å²) >= 11 is 6.32. The largest absolute Gasteiger partial charge is 0.416 e. The van der Waals surface area contributed by atoms with Crippen LogP contribution in [-0.4, -0.2) is 21.6 Å².